The van der Waals surface area contributed by atoms with Crippen molar-refractivity contribution in [3.8, 4) is 0 Å². The van der Waals surface area contributed by atoms with E-state index in [1.807, 2.05) is 11.6 Å². The zero-order chi connectivity index (χ0) is 12.9. The molecule has 2 aromatic rings. The Morgan fingerprint density at radius 3 is 2.78 bits per heavy atom. The van der Waals surface area contributed by atoms with Crippen LogP contribution in [0.2, 0.25) is 0 Å². The summed E-state index contributed by atoms with van der Waals surface area (Å²) in [5, 5.41) is 4.52. The fraction of sp³-hybridized carbons (Fsp3) is 0.692. The predicted molar refractivity (Wildman–Crippen MR) is 72.4 cm³/mol. The molecular formula is C13H21N5. The lowest BCUT2D eigenvalue weighted by atomic mass is 10.1. The van der Waals surface area contributed by atoms with Gasteiger partial charge in [-0.2, -0.15) is 5.10 Å². The quantitative estimate of drug-likeness (QED) is 0.903. The summed E-state index contributed by atoms with van der Waals surface area (Å²) in [6.45, 7) is 7.19. The van der Waals surface area contributed by atoms with Crippen LogP contribution in [0.25, 0.3) is 11.2 Å². The van der Waals surface area contributed by atoms with E-state index in [-0.39, 0.29) is 0 Å². The van der Waals surface area contributed by atoms with Gasteiger partial charge in [-0.1, -0.05) is 12.8 Å². The van der Waals surface area contributed by atoms with Crippen LogP contribution in [0, 0.1) is 12.8 Å². The fourth-order valence-electron chi connectivity index (χ4n) is 2.80. The van der Waals surface area contributed by atoms with Crippen molar-refractivity contribution in [3.05, 3.63) is 5.69 Å². The lowest BCUT2D eigenvalue weighted by molar-refractivity contribution is 0.481. The summed E-state index contributed by atoms with van der Waals surface area (Å²) < 4.78 is 4.18. The number of nitrogen functional groups attached to an aromatic ring is 1. The molecule has 1 unspecified atom stereocenters. The first kappa shape index (κ1) is 11.6. The van der Waals surface area contributed by atoms with Gasteiger partial charge in [-0.05, 0) is 33.1 Å². The van der Waals surface area contributed by atoms with Crippen LogP contribution in [0.4, 0.5) is 5.95 Å². The van der Waals surface area contributed by atoms with Crippen LogP contribution in [0.15, 0.2) is 0 Å². The first-order valence-corrected chi connectivity index (χ1v) is 6.82. The second-order valence-corrected chi connectivity index (χ2v) is 5.44. The van der Waals surface area contributed by atoms with Crippen LogP contribution in [0.1, 0.15) is 44.8 Å². The largest absolute Gasteiger partial charge is 0.369 e. The summed E-state index contributed by atoms with van der Waals surface area (Å²) in [7, 11) is 0. The molecule has 0 aliphatic heterocycles. The Bertz CT molecular complexity index is 576. The number of imidazole rings is 1. The van der Waals surface area contributed by atoms with E-state index in [4.69, 9.17) is 5.73 Å². The normalized spacial score (nSPS) is 17.5. The van der Waals surface area contributed by atoms with Crippen LogP contribution >= 0.6 is 0 Å². The average molecular weight is 247 g/mol. The lowest BCUT2D eigenvalue weighted by Crippen LogP contribution is -2.13. The maximum absolute atomic E-state index is 6.10. The number of hydrogen-bond donors (Lipinski definition) is 1. The molecule has 0 saturated heterocycles. The molecule has 98 valence electrons. The molecule has 1 fully saturated rings. The topological polar surface area (TPSA) is 61.7 Å². The zero-order valence-corrected chi connectivity index (χ0v) is 11.3. The Labute approximate surface area is 107 Å². The minimum absolute atomic E-state index is 0.406. The Kier molecular flexibility index (Phi) is 2.57. The fourth-order valence-corrected chi connectivity index (χ4v) is 2.80. The van der Waals surface area contributed by atoms with Crippen LogP contribution < -0.4 is 5.73 Å². The molecule has 0 bridgehead atoms. The van der Waals surface area contributed by atoms with Gasteiger partial charge < -0.3 is 5.73 Å². The summed E-state index contributed by atoms with van der Waals surface area (Å²) in [5.41, 5.74) is 9.11. The van der Waals surface area contributed by atoms with E-state index in [0.717, 1.165) is 29.3 Å². The van der Waals surface area contributed by atoms with Crippen molar-refractivity contribution in [1.82, 2.24) is 19.3 Å². The van der Waals surface area contributed by atoms with Crippen LogP contribution in [0.5, 0.6) is 0 Å². The molecule has 1 aliphatic rings. The van der Waals surface area contributed by atoms with Gasteiger partial charge in [0.15, 0.2) is 5.65 Å². The van der Waals surface area contributed by atoms with Crippen molar-refractivity contribution >= 4 is 17.1 Å². The average Bonchev–Trinajstić information content (AvgIpc) is 2.99. The second-order valence-electron chi connectivity index (χ2n) is 5.44. The summed E-state index contributed by atoms with van der Waals surface area (Å²) in [6, 6.07) is 0.406. The van der Waals surface area contributed by atoms with Gasteiger partial charge in [0.2, 0.25) is 5.95 Å². The molecule has 0 amide bonds. The SMILES string of the molecule is CCn1nc(C)c2nc(N)n(C(C)CC3CC3)c21. The molecule has 2 heterocycles. The molecule has 5 nitrogen and oxygen atoms in total. The Balaban J connectivity index is 2.10. The molecule has 1 saturated carbocycles. The number of aromatic nitrogens is 4. The van der Waals surface area contributed by atoms with Gasteiger partial charge in [0, 0.05) is 12.6 Å². The molecule has 18 heavy (non-hydrogen) atoms. The van der Waals surface area contributed by atoms with E-state index < -0.39 is 0 Å². The molecule has 5 heteroatoms. The number of nitrogens with zero attached hydrogens (tertiary/aromatic N) is 4. The Morgan fingerprint density at radius 2 is 2.17 bits per heavy atom. The molecule has 2 aromatic heterocycles. The summed E-state index contributed by atoms with van der Waals surface area (Å²) in [5.74, 6) is 1.51. The van der Waals surface area contributed by atoms with Gasteiger partial charge in [0.1, 0.15) is 5.52 Å². The van der Waals surface area contributed by atoms with Gasteiger partial charge in [-0.3, -0.25) is 4.57 Å². The third-order valence-corrected chi connectivity index (χ3v) is 3.88. The first-order chi connectivity index (χ1) is 8.61. The molecule has 0 radical (unpaired) electrons. The summed E-state index contributed by atoms with van der Waals surface area (Å²) in [4.78, 5) is 4.49. The van der Waals surface area contributed by atoms with Crippen molar-refractivity contribution in [1.29, 1.82) is 0 Å². The minimum Gasteiger partial charge on any atom is -0.369 e. The van der Waals surface area contributed by atoms with E-state index in [1.165, 1.54) is 19.3 Å². The number of fused-ring (bicyclic) bond motifs is 1. The molecule has 0 spiro atoms. The Hall–Kier alpha value is -1.52. The van der Waals surface area contributed by atoms with E-state index in [1.54, 1.807) is 0 Å². The number of aryl methyl sites for hydroxylation is 2. The zero-order valence-electron chi connectivity index (χ0n) is 11.3. The third kappa shape index (κ3) is 1.69. The lowest BCUT2D eigenvalue weighted by Gasteiger charge is -2.16. The molecule has 1 aliphatic carbocycles. The maximum Gasteiger partial charge on any atom is 0.202 e. The number of anilines is 1. The van der Waals surface area contributed by atoms with E-state index in [2.05, 4.69) is 28.5 Å². The van der Waals surface area contributed by atoms with Gasteiger partial charge in [-0.15, -0.1) is 0 Å². The van der Waals surface area contributed by atoms with Crippen molar-refractivity contribution in [2.75, 3.05) is 5.73 Å². The van der Waals surface area contributed by atoms with E-state index in [9.17, 15) is 0 Å². The van der Waals surface area contributed by atoms with E-state index >= 15 is 0 Å². The Morgan fingerprint density at radius 1 is 1.44 bits per heavy atom. The van der Waals surface area contributed by atoms with E-state index in [0.29, 0.717) is 12.0 Å². The van der Waals surface area contributed by atoms with Gasteiger partial charge >= 0.3 is 0 Å². The highest BCUT2D eigenvalue weighted by atomic mass is 15.4. The minimum atomic E-state index is 0.406. The monoisotopic (exact) mass is 247 g/mol. The third-order valence-electron chi connectivity index (χ3n) is 3.88. The number of nitrogens with two attached hydrogens (primary N) is 1. The van der Waals surface area contributed by atoms with Crippen molar-refractivity contribution in [3.63, 3.8) is 0 Å². The first-order valence-electron chi connectivity index (χ1n) is 6.82. The van der Waals surface area contributed by atoms with Gasteiger partial charge in [0.25, 0.3) is 0 Å². The number of rotatable bonds is 4. The number of hydrogen-bond acceptors (Lipinski definition) is 3. The molecule has 3 rings (SSSR count). The highest BCUT2D eigenvalue weighted by Crippen LogP contribution is 2.38. The standard InChI is InChI=1S/C13H21N5/c1-4-17-12-11(9(3)16-17)15-13(14)18(12)8(2)7-10-5-6-10/h8,10H,4-7H2,1-3H3,(H2,14,15). The molecule has 2 N–H and O–H groups in total. The van der Waals surface area contributed by atoms with Crippen molar-refractivity contribution in [2.45, 2.75) is 52.6 Å². The van der Waals surface area contributed by atoms with Crippen molar-refractivity contribution < 1.29 is 0 Å². The molecular weight excluding hydrogens is 226 g/mol. The molecule has 0 aromatic carbocycles. The second kappa shape index (κ2) is 4.00. The van der Waals surface area contributed by atoms with Gasteiger partial charge in [-0.25, -0.2) is 9.67 Å². The molecule has 1 atom stereocenters. The van der Waals surface area contributed by atoms with Crippen LogP contribution in [-0.2, 0) is 6.54 Å². The van der Waals surface area contributed by atoms with Crippen molar-refractivity contribution in [2.24, 2.45) is 5.92 Å². The summed E-state index contributed by atoms with van der Waals surface area (Å²) in [6.07, 6.45) is 3.94. The summed E-state index contributed by atoms with van der Waals surface area (Å²) >= 11 is 0. The van der Waals surface area contributed by atoms with Crippen LogP contribution in [0.3, 0.4) is 0 Å². The highest BCUT2D eigenvalue weighted by Gasteiger charge is 2.27. The maximum atomic E-state index is 6.10. The van der Waals surface area contributed by atoms with Crippen LogP contribution in [-0.4, -0.2) is 19.3 Å². The predicted octanol–water partition coefficient (Wildman–Crippen LogP) is 2.50. The highest BCUT2D eigenvalue weighted by molar-refractivity contribution is 5.77. The smallest absolute Gasteiger partial charge is 0.202 e. The van der Waals surface area contributed by atoms with Gasteiger partial charge in [0.05, 0.1) is 5.69 Å².